The van der Waals surface area contributed by atoms with Crippen molar-refractivity contribution in [3.63, 3.8) is 0 Å². The van der Waals surface area contributed by atoms with Gasteiger partial charge in [-0.1, -0.05) is 18.2 Å². The first-order valence-electron chi connectivity index (χ1n) is 15.0. The van der Waals surface area contributed by atoms with Gasteiger partial charge in [-0.05, 0) is 63.3 Å². The molecule has 2 fully saturated rings. The van der Waals surface area contributed by atoms with E-state index in [-0.39, 0.29) is 30.1 Å². The van der Waals surface area contributed by atoms with Crippen LogP contribution in [-0.4, -0.2) is 88.1 Å². The van der Waals surface area contributed by atoms with E-state index in [2.05, 4.69) is 20.4 Å². The maximum absolute atomic E-state index is 12.9. The first-order chi connectivity index (χ1) is 20.0. The lowest BCUT2D eigenvalue weighted by Gasteiger charge is -2.34. The monoisotopic (exact) mass is 559 g/mol. The Morgan fingerprint density at radius 2 is 1.80 bits per heavy atom. The average molecular weight is 560 g/mol. The number of hydrogen-bond donors (Lipinski definition) is 1. The van der Waals surface area contributed by atoms with Crippen LogP contribution in [0.3, 0.4) is 0 Å². The number of nitrogens with zero attached hydrogens (tertiary/aromatic N) is 6. The van der Waals surface area contributed by atoms with Gasteiger partial charge in [-0.15, -0.1) is 10.2 Å². The number of rotatable bonds is 11. The number of aromatic nitrogens is 3. The molecule has 1 aromatic carbocycles. The van der Waals surface area contributed by atoms with E-state index in [1.54, 1.807) is 0 Å². The molecule has 10 nitrogen and oxygen atoms in total. The predicted octanol–water partition coefficient (Wildman–Crippen LogP) is 3.18. The molecule has 1 unspecified atom stereocenters. The van der Waals surface area contributed by atoms with Gasteiger partial charge in [0.2, 0.25) is 17.7 Å². The van der Waals surface area contributed by atoms with E-state index < -0.39 is 0 Å². The van der Waals surface area contributed by atoms with E-state index in [1.807, 2.05) is 70.8 Å². The van der Waals surface area contributed by atoms with E-state index in [0.29, 0.717) is 31.9 Å². The molecular formula is C31H41N7O3. The number of fused-ring (bicyclic) bond motifs is 1. The lowest BCUT2D eigenvalue weighted by atomic mass is 9.96. The number of para-hydroxylation sites is 1. The first-order valence-corrected chi connectivity index (χ1v) is 15.0. The highest BCUT2D eigenvalue weighted by Crippen LogP contribution is 2.27. The van der Waals surface area contributed by atoms with Crippen LogP contribution in [0.15, 0.2) is 42.6 Å². The SMILES string of the molecule is CCN(CC)C(=O)C1CCCN(c2ccc(-n3cc(CC(=O)NCCCN4CCCC4=O)c4ccccc43)nn2)C1. The highest BCUT2D eigenvalue weighted by molar-refractivity contribution is 5.90. The van der Waals surface area contributed by atoms with Crippen molar-refractivity contribution in [1.29, 1.82) is 0 Å². The van der Waals surface area contributed by atoms with E-state index >= 15 is 0 Å². The number of likely N-dealkylation sites (tertiary alicyclic amines) is 1. The Balaban J connectivity index is 1.24. The maximum Gasteiger partial charge on any atom is 0.227 e. The van der Waals surface area contributed by atoms with Gasteiger partial charge in [0.15, 0.2) is 11.6 Å². The molecule has 0 spiro atoms. The van der Waals surface area contributed by atoms with Crippen molar-refractivity contribution in [3.05, 3.63) is 48.2 Å². The largest absolute Gasteiger partial charge is 0.356 e. The van der Waals surface area contributed by atoms with Crippen molar-refractivity contribution in [2.45, 2.75) is 52.4 Å². The minimum atomic E-state index is -0.0407. The molecule has 41 heavy (non-hydrogen) atoms. The van der Waals surface area contributed by atoms with Crippen LogP contribution in [0.4, 0.5) is 5.82 Å². The number of carbonyl (C=O) groups excluding carboxylic acids is 3. The second-order valence-corrected chi connectivity index (χ2v) is 11.0. The minimum Gasteiger partial charge on any atom is -0.356 e. The molecule has 2 aliphatic rings. The minimum absolute atomic E-state index is 0.0186. The van der Waals surface area contributed by atoms with Gasteiger partial charge >= 0.3 is 0 Å². The lowest BCUT2D eigenvalue weighted by molar-refractivity contribution is -0.135. The molecule has 0 radical (unpaired) electrons. The fraction of sp³-hybridized carbons (Fsp3) is 0.516. The molecule has 10 heteroatoms. The molecule has 0 aliphatic carbocycles. The Kier molecular flexibility index (Phi) is 9.16. The average Bonchev–Trinajstić information content (AvgIpc) is 3.59. The van der Waals surface area contributed by atoms with Gasteiger partial charge < -0.3 is 20.0 Å². The number of benzene rings is 1. The standard InChI is InChI=1S/C31H41N7O3/c1-3-35(4-2)31(41)23-10-7-18-37(21-23)27-14-15-28(34-33-27)38-22-24(25-11-5-6-12-26(25)38)20-29(39)32-16-9-19-36-17-8-13-30(36)40/h5-6,11-12,14-15,22-23H,3-4,7-10,13,16-21H2,1-2H3,(H,32,39). The molecule has 3 amide bonds. The molecule has 218 valence electrons. The molecule has 0 bridgehead atoms. The summed E-state index contributed by atoms with van der Waals surface area (Å²) in [5, 5.41) is 13.1. The molecule has 1 N–H and O–H groups in total. The second-order valence-electron chi connectivity index (χ2n) is 11.0. The quantitative estimate of drug-likeness (QED) is 0.362. The van der Waals surface area contributed by atoms with Crippen LogP contribution < -0.4 is 10.2 Å². The van der Waals surface area contributed by atoms with Gasteiger partial charge in [-0.2, -0.15) is 0 Å². The number of amides is 3. The van der Waals surface area contributed by atoms with Gasteiger partial charge in [0, 0.05) is 63.8 Å². The molecular weight excluding hydrogens is 518 g/mol. The lowest BCUT2D eigenvalue weighted by Crippen LogP contribution is -2.45. The van der Waals surface area contributed by atoms with Crippen molar-refractivity contribution < 1.29 is 14.4 Å². The van der Waals surface area contributed by atoms with E-state index in [1.165, 1.54) is 0 Å². The van der Waals surface area contributed by atoms with Gasteiger partial charge in [0.1, 0.15) is 0 Å². The summed E-state index contributed by atoms with van der Waals surface area (Å²) < 4.78 is 1.98. The molecule has 0 saturated carbocycles. The Labute approximate surface area is 241 Å². The topological polar surface area (TPSA) is 104 Å². The predicted molar refractivity (Wildman–Crippen MR) is 159 cm³/mol. The summed E-state index contributed by atoms with van der Waals surface area (Å²) in [6.45, 7) is 9.09. The van der Waals surface area contributed by atoms with Crippen LogP contribution in [0.1, 0.15) is 51.5 Å². The number of carbonyl (C=O) groups is 3. The summed E-state index contributed by atoms with van der Waals surface area (Å²) in [5.41, 5.74) is 1.89. The second kappa shape index (κ2) is 13.1. The molecule has 4 heterocycles. The van der Waals surface area contributed by atoms with Gasteiger partial charge in [-0.3, -0.25) is 19.0 Å². The van der Waals surface area contributed by atoms with Gasteiger partial charge in [0.05, 0.1) is 17.9 Å². The summed E-state index contributed by atoms with van der Waals surface area (Å²) in [5.74, 6) is 1.83. The Bertz CT molecular complexity index is 1370. The molecule has 3 aromatic rings. The third-order valence-electron chi connectivity index (χ3n) is 8.30. The highest BCUT2D eigenvalue weighted by Gasteiger charge is 2.29. The van der Waals surface area contributed by atoms with Crippen LogP contribution >= 0.6 is 0 Å². The van der Waals surface area contributed by atoms with Crippen LogP contribution in [0, 0.1) is 5.92 Å². The zero-order valence-electron chi connectivity index (χ0n) is 24.2. The summed E-state index contributed by atoms with van der Waals surface area (Å²) in [6, 6.07) is 11.9. The number of piperidine rings is 1. The summed E-state index contributed by atoms with van der Waals surface area (Å²) in [4.78, 5) is 43.4. The summed E-state index contributed by atoms with van der Waals surface area (Å²) in [7, 11) is 0. The summed E-state index contributed by atoms with van der Waals surface area (Å²) >= 11 is 0. The molecule has 2 saturated heterocycles. The molecule has 1 atom stereocenters. The van der Waals surface area contributed by atoms with Crippen molar-refractivity contribution in [3.8, 4) is 5.82 Å². The van der Waals surface area contributed by atoms with Crippen LogP contribution in [0.2, 0.25) is 0 Å². The smallest absolute Gasteiger partial charge is 0.227 e. The summed E-state index contributed by atoms with van der Waals surface area (Å²) in [6.07, 6.45) is 6.40. The van der Waals surface area contributed by atoms with Crippen LogP contribution in [-0.2, 0) is 20.8 Å². The van der Waals surface area contributed by atoms with Crippen molar-refractivity contribution in [1.82, 2.24) is 29.9 Å². The Morgan fingerprint density at radius 3 is 2.54 bits per heavy atom. The third kappa shape index (κ3) is 6.52. The van der Waals surface area contributed by atoms with Crippen molar-refractivity contribution in [2.24, 2.45) is 5.92 Å². The van der Waals surface area contributed by atoms with Gasteiger partial charge in [-0.25, -0.2) is 0 Å². The van der Waals surface area contributed by atoms with Crippen LogP contribution in [0.5, 0.6) is 0 Å². The van der Waals surface area contributed by atoms with E-state index in [4.69, 9.17) is 0 Å². The maximum atomic E-state index is 12.9. The van der Waals surface area contributed by atoms with Crippen LogP contribution in [0.25, 0.3) is 16.7 Å². The zero-order chi connectivity index (χ0) is 28.8. The normalized spacial score (nSPS) is 17.3. The van der Waals surface area contributed by atoms with Crippen molar-refractivity contribution in [2.75, 3.05) is 50.7 Å². The number of hydrogen-bond acceptors (Lipinski definition) is 6. The first kappa shape index (κ1) is 28.6. The number of anilines is 1. The number of nitrogens with one attached hydrogen (secondary N) is 1. The van der Waals surface area contributed by atoms with E-state index in [0.717, 1.165) is 74.1 Å². The van der Waals surface area contributed by atoms with E-state index in [9.17, 15) is 14.4 Å². The fourth-order valence-electron chi connectivity index (χ4n) is 6.05. The Hall–Kier alpha value is -3.95. The van der Waals surface area contributed by atoms with Gasteiger partial charge in [0.25, 0.3) is 0 Å². The Morgan fingerprint density at radius 1 is 1.02 bits per heavy atom. The molecule has 2 aliphatic heterocycles. The zero-order valence-corrected chi connectivity index (χ0v) is 24.2. The fourth-order valence-corrected chi connectivity index (χ4v) is 6.05. The third-order valence-corrected chi connectivity index (χ3v) is 8.30. The molecule has 2 aromatic heterocycles. The van der Waals surface area contributed by atoms with Crippen molar-refractivity contribution >= 4 is 34.4 Å². The molecule has 5 rings (SSSR count). The highest BCUT2D eigenvalue weighted by atomic mass is 16.2.